The Morgan fingerprint density at radius 2 is 1.57 bits per heavy atom. The van der Waals surface area contributed by atoms with Crippen LogP contribution in [0.5, 0.6) is 0 Å². The summed E-state index contributed by atoms with van der Waals surface area (Å²) in [6.07, 6.45) is 1.22. The molecule has 1 unspecified atom stereocenters. The van der Waals surface area contributed by atoms with Gasteiger partial charge in [-0.05, 0) is 64.8 Å². The summed E-state index contributed by atoms with van der Waals surface area (Å²) in [6, 6.07) is 22.8. The molecular formula is C37H43FN4O2. The number of anilines is 3. The van der Waals surface area contributed by atoms with Gasteiger partial charge in [-0.1, -0.05) is 71.0 Å². The van der Waals surface area contributed by atoms with Crippen LogP contribution >= 0.6 is 0 Å². The van der Waals surface area contributed by atoms with Gasteiger partial charge in [0, 0.05) is 49.6 Å². The number of hydrogen-bond donors (Lipinski definition) is 1. The maximum absolute atomic E-state index is 14.1. The molecule has 0 bridgehead atoms. The normalized spacial score (nSPS) is 20.1. The maximum Gasteiger partial charge on any atom is 0.242 e. The minimum atomic E-state index is -0.400. The molecule has 3 aromatic rings. The van der Waals surface area contributed by atoms with Crippen LogP contribution in [0.25, 0.3) is 0 Å². The third-order valence-electron chi connectivity index (χ3n) is 9.23. The third kappa shape index (κ3) is 5.97. The average Bonchev–Trinajstić information content (AvgIpc) is 3.11. The minimum absolute atomic E-state index is 0.00302. The fraction of sp³-hybridized carbons (Fsp3) is 0.405. The second kappa shape index (κ2) is 11.4. The predicted octanol–water partition coefficient (Wildman–Crippen LogP) is 7.09. The molecule has 44 heavy (non-hydrogen) atoms. The second-order valence-corrected chi connectivity index (χ2v) is 14.2. The van der Waals surface area contributed by atoms with Crippen molar-refractivity contribution in [1.82, 2.24) is 4.90 Å². The van der Waals surface area contributed by atoms with E-state index in [9.17, 15) is 14.0 Å². The number of nitrogens with zero attached hydrogens (tertiary/aromatic N) is 3. The van der Waals surface area contributed by atoms with E-state index in [0.29, 0.717) is 32.6 Å². The highest BCUT2D eigenvalue weighted by atomic mass is 19.1. The first-order chi connectivity index (χ1) is 20.9. The highest BCUT2D eigenvalue weighted by Crippen LogP contribution is 2.48. The summed E-state index contributed by atoms with van der Waals surface area (Å²) in [5, 5.41) is 3.65. The molecule has 1 aliphatic carbocycles. The molecule has 3 aliphatic rings. The van der Waals surface area contributed by atoms with Gasteiger partial charge in [-0.2, -0.15) is 0 Å². The Morgan fingerprint density at radius 1 is 0.909 bits per heavy atom. The fourth-order valence-electron chi connectivity index (χ4n) is 6.85. The number of rotatable bonds is 4. The van der Waals surface area contributed by atoms with Gasteiger partial charge in [-0.15, -0.1) is 0 Å². The molecule has 0 spiro atoms. The number of carbonyl (C=O) groups excluding carboxylic acids is 2. The number of halogens is 1. The number of amides is 1. The van der Waals surface area contributed by atoms with E-state index in [-0.39, 0.29) is 34.9 Å². The van der Waals surface area contributed by atoms with Crippen LogP contribution in [-0.2, 0) is 15.0 Å². The van der Waals surface area contributed by atoms with Crippen LogP contribution in [-0.4, -0.2) is 49.3 Å². The SMILES string of the molecule is CC1(C)CC(=O)C2=C(C1)Nc1ccccc1N(CC(=O)N1CCN(c3ccc(F)cc3)CC1)C2c1ccc(C(C)(C)C)cc1. The van der Waals surface area contributed by atoms with E-state index in [2.05, 4.69) is 74.0 Å². The fourth-order valence-corrected chi connectivity index (χ4v) is 6.85. The van der Waals surface area contributed by atoms with Crippen molar-refractivity contribution in [2.24, 2.45) is 5.41 Å². The number of allylic oxidation sites excluding steroid dienone is 1. The van der Waals surface area contributed by atoms with E-state index >= 15 is 0 Å². The molecule has 3 aromatic carbocycles. The van der Waals surface area contributed by atoms with Gasteiger partial charge in [0.1, 0.15) is 5.82 Å². The van der Waals surface area contributed by atoms with Crippen LogP contribution in [0.2, 0.25) is 0 Å². The monoisotopic (exact) mass is 594 g/mol. The third-order valence-corrected chi connectivity index (χ3v) is 9.23. The number of carbonyl (C=O) groups is 2. The number of piperazine rings is 1. The summed E-state index contributed by atoms with van der Waals surface area (Å²) in [6.45, 7) is 13.5. The molecule has 1 N–H and O–H groups in total. The van der Waals surface area contributed by atoms with Crippen molar-refractivity contribution in [2.75, 3.05) is 47.8 Å². The van der Waals surface area contributed by atoms with E-state index in [0.717, 1.165) is 40.3 Å². The topological polar surface area (TPSA) is 55.9 Å². The molecule has 0 radical (unpaired) electrons. The van der Waals surface area contributed by atoms with Crippen LogP contribution in [0.1, 0.15) is 64.6 Å². The van der Waals surface area contributed by atoms with Gasteiger partial charge in [-0.25, -0.2) is 4.39 Å². The van der Waals surface area contributed by atoms with Gasteiger partial charge in [-0.3, -0.25) is 9.59 Å². The Balaban J connectivity index is 1.36. The Hall–Kier alpha value is -4.13. The molecule has 7 heteroatoms. The summed E-state index contributed by atoms with van der Waals surface area (Å²) < 4.78 is 13.5. The van der Waals surface area contributed by atoms with E-state index in [1.165, 1.54) is 17.7 Å². The van der Waals surface area contributed by atoms with Crippen LogP contribution < -0.4 is 15.1 Å². The number of para-hydroxylation sites is 2. The Labute approximate surface area is 260 Å². The second-order valence-electron chi connectivity index (χ2n) is 14.2. The maximum atomic E-state index is 14.1. The number of benzene rings is 3. The molecule has 6 rings (SSSR count). The molecule has 2 aliphatic heterocycles. The van der Waals surface area contributed by atoms with Gasteiger partial charge in [0.15, 0.2) is 5.78 Å². The van der Waals surface area contributed by atoms with E-state index in [4.69, 9.17) is 0 Å². The van der Waals surface area contributed by atoms with Gasteiger partial charge >= 0.3 is 0 Å². The van der Waals surface area contributed by atoms with Crippen LogP contribution in [0.3, 0.4) is 0 Å². The molecule has 1 fully saturated rings. The van der Waals surface area contributed by atoms with Crippen molar-refractivity contribution in [2.45, 2.75) is 58.9 Å². The van der Waals surface area contributed by atoms with E-state index in [1.54, 1.807) is 12.1 Å². The van der Waals surface area contributed by atoms with Crippen molar-refractivity contribution in [3.8, 4) is 0 Å². The van der Waals surface area contributed by atoms with Crippen molar-refractivity contribution >= 4 is 28.8 Å². The lowest BCUT2D eigenvalue weighted by Gasteiger charge is -2.40. The molecule has 0 saturated carbocycles. The first-order valence-electron chi connectivity index (χ1n) is 15.7. The number of ketones is 1. The number of fused-ring (bicyclic) bond motifs is 1. The van der Waals surface area contributed by atoms with Crippen LogP contribution in [0.15, 0.2) is 84.1 Å². The Morgan fingerprint density at radius 3 is 2.23 bits per heavy atom. The molecule has 2 heterocycles. The highest BCUT2D eigenvalue weighted by molar-refractivity contribution is 6.02. The van der Waals surface area contributed by atoms with Crippen molar-refractivity contribution in [3.05, 3.63) is 101 Å². The lowest BCUT2D eigenvalue weighted by Crippen LogP contribution is -2.52. The van der Waals surface area contributed by atoms with Crippen LogP contribution in [0.4, 0.5) is 21.5 Å². The zero-order chi connectivity index (χ0) is 31.2. The van der Waals surface area contributed by atoms with Crippen molar-refractivity contribution in [3.63, 3.8) is 0 Å². The minimum Gasteiger partial charge on any atom is -0.368 e. The number of nitrogens with one attached hydrogen (secondary N) is 1. The number of hydrogen-bond acceptors (Lipinski definition) is 5. The van der Waals surface area contributed by atoms with Gasteiger partial charge in [0.25, 0.3) is 0 Å². The molecule has 1 saturated heterocycles. The molecular weight excluding hydrogens is 551 g/mol. The largest absolute Gasteiger partial charge is 0.368 e. The van der Waals surface area contributed by atoms with E-state index < -0.39 is 6.04 Å². The quantitative estimate of drug-likeness (QED) is 0.350. The predicted molar refractivity (Wildman–Crippen MR) is 176 cm³/mol. The lowest BCUT2D eigenvalue weighted by atomic mass is 9.73. The van der Waals surface area contributed by atoms with Gasteiger partial charge in [0.05, 0.1) is 24.0 Å². The Bertz CT molecular complexity index is 1580. The molecule has 1 amide bonds. The van der Waals surface area contributed by atoms with Crippen molar-refractivity contribution in [1.29, 1.82) is 0 Å². The highest BCUT2D eigenvalue weighted by Gasteiger charge is 2.42. The summed E-state index contributed by atoms with van der Waals surface area (Å²) in [5.41, 5.74) is 6.56. The lowest BCUT2D eigenvalue weighted by molar-refractivity contribution is -0.130. The summed E-state index contributed by atoms with van der Waals surface area (Å²) in [4.78, 5) is 34.4. The van der Waals surface area contributed by atoms with E-state index in [1.807, 2.05) is 29.2 Å². The average molecular weight is 595 g/mol. The summed E-state index contributed by atoms with van der Waals surface area (Å²) in [7, 11) is 0. The molecule has 1 atom stereocenters. The molecule has 0 aromatic heterocycles. The summed E-state index contributed by atoms with van der Waals surface area (Å²) >= 11 is 0. The zero-order valence-corrected chi connectivity index (χ0v) is 26.5. The Kier molecular flexibility index (Phi) is 7.76. The van der Waals surface area contributed by atoms with Crippen molar-refractivity contribution < 1.29 is 14.0 Å². The standard InChI is InChI=1S/C37H43FN4O2/c1-36(2,3)26-12-10-25(11-13-26)35-34-30(22-37(4,5)23-32(34)43)39-29-8-6-7-9-31(29)42(35)24-33(44)41-20-18-40(19-21-41)28-16-14-27(38)15-17-28/h6-17,35,39H,18-24H2,1-5H3. The van der Waals surface area contributed by atoms with Gasteiger partial charge < -0.3 is 20.0 Å². The summed E-state index contributed by atoms with van der Waals surface area (Å²) in [5.74, 6) is -0.0926. The molecule has 6 nitrogen and oxygen atoms in total. The first kappa shape index (κ1) is 29.9. The number of Topliss-reactive ketones (excluding diaryl/α,β-unsaturated/α-hetero) is 1. The first-order valence-corrected chi connectivity index (χ1v) is 15.7. The van der Waals surface area contributed by atoms with Crippen LogP contribution in [0, 0.1) is 11.2 Å². The van der Waals surface area contributed by atoms with Gasteiger partial charge in [0.2, 0.25) is 5.91 Å². The molecule has 230 valence electrons. The smallest absolute Gasteiger partial charge is 0.242 e. The zero-order valence-electron chi connectivity index (χ0n) is 26.5.